The molecule has 0 nitrogen and oxygen atoms in total. The van der Waals surface area contributed by atoms with Gasteiger partial charge in [0.05, 0.1) is 8.47 Å². The highest BCUT2D eigenvalue weighted by atomic mass is 32.2. The van der Waals surface area contributed by atoms with Gasteiger partial charge in [-0.05, 0) is 28.1 Å². The predicted octanol–water partition coefficient (Wildman–Crippen LogP) is 7.24. The molecule has 2 aliphatic rings. The van der Waals surface area contributed by atoms with E-state index >= 15 is 0 Å². The fourth-order valence-corrected chi connectivity index (χ4v) is 7.51. The average Bonchev–Trinajstić information content (AvgIpc) is 2.79. The molecule has 4 heteroatoms. The van der Waals surface area contributed by atoms with Crippen LogP contribution in [0.2, 0.25) is 0 Å². The number of hydrogen-bond acceptors (Lipinski definition) is 4. The van der Waals surface area contributed by atoms with Gasteiger partial charge >= 0.3 is 0 Å². The van der Waals surface area contributed by atoms with Crippen molar-refractivity contribution in [2.45, 2.75) is 48.5 Å². The molecule has 0 aromatic heterocycles. The van der Waals surface area contributed by atoms with Crippen LogP contribution >= 0.6 is 47.0 Å². The number of allylic oxidation sites excluding steroid dienone is 3. The normalized spacial score (nSPS) is 21.5. The topological polar surface area (TPSA) is 0 Å². The molecule has 0 spiro atoms. The Morgan fingerprint density at radius 1 is 0.737 bits per heavy atom. The highest BCUT2D eigenvalue weighted by molar-refractivity contribution is 8.34. The van der Waals surface area contributed by atoms with Crippen LogP contribution in [0.15, 0.2) is 28.6 Å². The molecule has 2 aliphatic heterocycles. The summed E-state index contributed by atoms with van der Waals surface area (Å²) in [6, 6.07) is 0. The highest BCUT2D eigenvalue weighted by Gasteiger charge is 2.36. The van der Waals surface area contributed by atoms with Gasteiger partial charge in [-0.2, -0.15) is 0 Å². The van der Waals surface area contributed by atoms with Crippen LogP contribution in [0, 0.1) is 10.8 Å². The zero-order chi connectivity index (χ0) is 14.4. The van der Waals surface area contributed by atoms with Crippen molar-refractivity contribution in [3.8, 4) is 0 Å². The Balaban J connectivity index is 2.34. The molecule has 0 N–H and O–H groups in total. The second-order valence-corrected chi connectivity index (χ2v) is 11.6. The van der Waals surface area contributed by atoms with Crippen molar-refractivity contribution >= 4 is 47.0 Å². The maximum absolute atomic E-state index is 2.33. The van der Waals surface area contributed by atoms with Crippen molar-refractivity contribution in [2.75, 3.05) is 0 Å². The lowest BCUT2D eigenvalue weighted by molar-refractivity contribution is 0.488. The van der Waals surface area contributed by atoms with Gasteiger partial charge in [-0.3, -0.25) is 0 Å². The van der Waals surface area contributed by atoms with E-state index in [1.807, 2.05) is 47.0 Å². The van der Waals surface area contributed by atoms with Gasteiger partial charge in [-0.15, -0.1) is 0 Å². The summed E-state index contributed by atoms with van der Waals surface area (Å²) in [6.45, 7) is 16.2. The molecule has 0 unspecified atom stereocenters. The first-order chi connectivity index (χ1) is 8.59. The van der Waals surface area contributed by atoms with E-state index in [1.165, 1.54) is 13.4 Å². The molecule has 0 bridgehead atoms. The zero-order valence-electron chi connectivity index (χ0n) is 12.7. The molecule has 0 radical (unpaired) electrons. The Kier molecular flexibility index (Phi) is 4.57. The van der Waals surface area contributed by atoms with Gasteiger partial charge in [-0.25, -0.2) is 0 Å². The molecule has 19 heavy (non-hydrogen) atoms. The van der Waals surface area contributed by atoms with Gasteiger partial charge in [0.25, 0.3) is 0 Å². The monoisotopic (exact) mass is 330 g/mol. The summed E-state index contributed by atoms with van der Waals surface area (Å²) in [5, 5.41) is 2.26. The number of thioether (sulfide) groups is 4. The summed E-state index contributed by atoms with van der Waals surface area (Å²) in [5.74, 6) is 0. The van der Waals surface area contributed by atoms with Crippen molar-refractivity contribution in [2.24, 2.45) is 10.8 Å². The molecule has 0 saturated heterocycles. The van der Waals surface area contributed by atoms with Gasteiger partial charge in [0.1, 0.15) is 0 Å². The molecule has 0 aromatic carbocycles. The van der Waals surface area contributed by atoms with Crippen molar-refractivity contribution in [3.05, 3.63) is 28.6 Å². The van der Waals surface area contributed by atoms with Crippen molar-refractivity contribution in [1.29, 1.82) is 0 Å². The van der Waals surface area contributed by atoms with Crippen LogP contribution in [0.25, 0.3) is 0 Å². The van der Waals surface area contributed by atoms with E-state index in [0.717, 1.165) is 0 Å². The lowest BCUT2D eigenvalue weighted by Crippen LogP contribution is -2.13. The molecule has 0 aromatic rings. The third-order valence-electron chi connectivity index (χ3n) is 2.71. The Labute approximate surface area is 134 Å². The van der Waals surface area contributed by atoms with Crippen LogP contribution in [0.1, 0.15) is 48.5 Å². The molecule has 0 saturated carbocycles. The van der Waals surface area contributed by atoms with Crippen LogP contribution in [-0.4, -0.2) is 0 Å². The van der Waals surface area contributed by atoms with E-state index in [-0.39, 0.29) is 10.8 Å². The van der Waals surface area contributed by atoms with Crippen LogP contribution in [-0.2, 0) is 0 Å². The Hall–Kier alpha value is 0.620. The van der Waals surface area contributed by atoms with E-state index < -0.39 is 0 Å². The number of rotatable bonds is 0. The van der Waals surface area contributed by atoms with E-state index in [9.17, 15) is 0 Å². The Morgan fingerprint density at radius 2 is 1.21 bits per heavy atom. The van der Waals surface area contributed by atoms with Crippen LogP contribution < -0.4 is 0 Å². The van der Waals surface area contributed by atoms with Crippen molar-refractivity contribution < 1.29 is 0 Å². The second kappa shape index (κ2) is 5.43. The summed E-state index contributed by atoms with van der Waals surface area (Å²) in [4.78, 5) is 4.52. The third-order valence-corrected chi connectivity index (χ3v) is 9.08. The van der Waals surface area contributed by atoms with Crippen LogP contribution in [0.3, 0.4) is 0 Å². The second-order valence-electron chi connectivity index (χ2n) is 6.89. The average molecular weight is 331 g/mol. The predicted molar refractivity (Wildman–Crippen MR) is 97.1 cm³/mol. The standard InChI is InChI=1S/C15H22S4/c1-9-8-16-12(17-9)13-18-10(14(2,3)4)11(19-13)15(5,6)7/h8H,1-7H3. The lowest BCUT2D eigenvalue weighted by Gasteiger charge is -2.26. The van der Waals surface area contributed by atoms with E-state index in [2.05, 4.69) is 53.9 Å². The molecular formula is C15H22S4. The van der Waals surface area contributed by atoms with Gasteiger partial charge < -0.3 is 0 Å². The maximum Gasteiger partial charge on any atom is 0.0700 e. The van der Waals surface area contributed by atoms with Gasteiger partial charge in [-0.1, -0.05) is 88.6 Å². The molecule has 0 aliphatic carbocycles. The van der Waals surface area contributed by atoms with Gasteiger partial charge in [0, 0.05) is 9.81 Å². The fraction of sp³-hybridized carbons (Fsp3) is 0.600. The first-order valence-electron chi connectivity index (χ1n) is 6.45. The van der Waals surface area contributed by atoms with Crippen LogP contribution in [0.4, 0.5) is 0 Å². The van der Waals surface area contributed by atoms with E-state index in [0.29, 0.717) is 0 Å². The third kappa shape index (κ3) is 3.63. The number of hydrogen-bond donors (Lipinski definition) is 0. The quantitative estimate of drug-likeness (QED) is 0.459. The highest BCUT2D eigenvalue weighted by Crippen LogP contribution is 2.63. The maximum atomic E-state index is 2.33. The molecule has 0 amide bonds. The van der Waals surface area contributed by atoms with Crippen LogP contribution in [0.5, 0.6) is 0 Å². The minimum Gasteiger partial charge on any atom is -0.0881 e. The first kappa shape index (κ1) is 16.0. The minimum atomic E-state index is 0.235. The van der Waals surface area contributed by atoms with E-state index in [4.69, 9.17) is 0 Å². The molecule has 0 atom stereocenters. The van der Waals surface area contributed by atoms with Crippen molar-refractivity contribution in [1.82, 2.24) is 0 Å². The smallest absolute Gasteiger partial charge is 0.0700 e. The Bertz CT molecular complexity index is 453. The largest absolute Gasteiger partial charge is 0.0881 e. The summed E-state index contributed by atoms with van der Waals surface area (Å²) in [5.41, 5.74) is 0.470. The van der Waals surface area contributed by atoms with Crippen molar-refractivity contribution in [3.63, 3.8) is 0 Å². The van der Waals surface area contributed by atoms with Gasteiger partial charge in [0.15, 0.2) is 0 Å². The molecule has 106 valence electrons. The summed E-state index contributed by atoms with van der Waals surface area (Å²) >= 11 is 7.81. The minimum absolute atomic E-state index is 0.235. The molecule has 0 fully saturated rings. The summed E-state index contributed by atoms with van der Waals surface area (Å²) in [6.07, 6.45) is 0. The first-order valence-corrected chi connectivity index (χ1v) is 9.78. The SMILES string of the molecule is CC1=CSC(=C2SC(C(C)(C)C)=C(C(C)(C)C)S2)S1. The molecule has 2 rings (SSSR count). The zero-order valence-corrected chi connectivity index (χ0v) is 16.0. The van der Waals surface area contributed by atoms with Gasteiger partial charge in [0.2, 0.25) is 0 Å². The Morgan fingerprint density at radius 3 is 1.53 bits per heavy atom. The lowest BCUT2D eigenvalue weighted by atomic mass is 9.88. The van der Waals surface area contributed by atoms with E-state index in [1.54, 1.807) is 9.81 Å². The summed E-state index contributed by atoms with van der Waals surface area (Å²) < 4.78 is 2.95. The fourth-order valence-electron chi connectivity index (χ4n) is 1.79. The molecule has 2 heterocycles. The summed E-state index contributed by atoms with van der Waals surface area (Å²) in [7, 11) is 0. The molecular weight excluding hydrogens is 308 g/mol.